The van der Waals surface area contributed by atoms with Crippen LogP contribution in [-0.2, 0) is 57.5 Å². The fourth-order valence-corrected chi connectivity index (χ4v) is 7.14. The third-order valence-corrected chi connectivity index (χ3v) is 12.0. The van der Waals surface area contributed by atoms with Crippen LogP contribution in [0.3, 0.4) is 0 Å². The van der Waals surface area contributed by atoms with Gasteiger partial charge in [-0.05, 0) is 75.3 Å². The van der Waals surface area contributed by atoms with Crippen LogP contribution >= 0.6 is 11.8 Å². The molecule has 11 amide bonds. The molecule has 0 bridgehead atoms. The minimum absolute atomic E-state index is 0.00106. The number of thioether (sulfide) groups is 1. The lowest BCUT2D eigenvalue weighted by atomic mass is 9.94. The number of hydrogen-bond donors (Lipinski definition) is 15. The van der Waals surface area contributed by atoms with Gasteiger partial charge < -0.3 is 80.6 Å². The van der Waals surface area contributed by atoms with Crippen LogP contribution in [0.15, 0.2) is 0 Å². The molecule has 27 nitrogen and oxygen atoms in total. The molecule has 0 saturated heterocycles. The van der Waals surface area contributed by atoms with E-state index in [2.05, 4.69) is 47.9 Å². The Morgan fingerprint density at radius 1 is 0.548 bits per heavy atom. The van der Waals surface area contributed by atoms with Crippen molar-refractivity contribution < 1.29 is 67.7 Å². The molecule has 0 aromatic rings. The van der Waals surface area contributed by atoms with E-state index in [4.69, 9.17) is 22.3 Å². The van der Waals surface area contributed by atoms with E-state index in [1.807, 2.05) is 25.4 Å². The van der Waals surface area contributed by atoms with Crippen LogP contribution in [0.4, 0.5) is 0 Å². The van der Waals surface area contributed by atoms with Gasteiger partial charge in [-0.15, -0.1) is 0 Å². The molecule has 0 heterocycles. The highest BCUT2D eigenvalue weighted by molar-refractivity contribution is 7.98. The van der Waals surface area contributed by atoms with Crippen molar-refractivity contribution in [2.45, 2.75) is 148 Å². The van der Waals surface area contributed by atoms with Crippen LogP contribution < -0.4 is 70.4 Å². The zero-order valence-electron chi connectivity index (χ0n) is 43.2. The molecular formula is C45H81N13O14S. The summed E-state index contributed by atoms with van der Waals surface area (Å²) in [4.78, 5) is 154. The topological polar surface area (TPSA) is 444 Å². The summed E-state index contributed by atoms with van der Waals surface area (Å²) in [7, 11) is 0. The third-order valence-electron chi connectivity index (χ3n) is 11.4. The standard InChI is InChI=1S/C45H81N13O14S/c1-9-24(5)36(57-34(62)20-50-40(67)29(17-23(3)4)54-39(66)27(47)14-16-73-8)45(72)58-37(25(6)10-2)44(71)52-26(7)38(65)49-19-33(61)53-28(13-11-12-15-46)42(69)55-30(18-32(48)60)43(70)56-31(22-59)41(68)51-21-35(63)64/h23-31,36-37,59H,9-22,46-47H2,1-8H3,(H2,48,60)(H,49,65)(H,50,67)(H,51,68)(H,52,71)(H,53,61)(H,54,66)(H,55,69)(H,56,70)(H,57,62)(H,58,72)(H,63,64)/t24-,25-,26-,27-,28-,29-,30-,31-,36-,37-/m1/s1. The van der Waals surface area contributed by atoms with Gasteiger partial charge in [0.25, 0.3) is 0 Å². The largest absolute Gasteiger partial charge is 0.480 e. The molecule has 0 spiro atoms. The van der Waals surface area contributed by atoms with Gasteiger partial charge in [0.1, 0.15) is 48.8 Å². The number of nitrogens with two attached hydrogens (primary N) is 3. The van der Waals surface area contributed by atoms with Crippen molar-refractivity contribution in [2.75, 3.05) is 44.8 Å². The third kappa shape index (κ3) is 26.9. The van der Waals surface area contributed by atoms with Gasteiger partial charge in [-0.3, -0.25) is 57.5 Å². The van der Waals surface area contributed by atoms with E-state index in [1.165, 1.54) is 18.7 Å². The summed E-state index contributed by atoms with van der Waals surface area (Å²) in [5.41, 5.74) is 16.9. The summed E-state index contributed by atoms with van der Waals surface area (Å²) in [6, 6.07) is -10.2. The highest BCUT2D eigenvalue weighted by Crippen LogP contribution is 2.13. The fourth-order valence-electron chi connectivity index (χ4n) is 6.65. The van der Waals surface area contributed by atoms with Crippen LogP contribution in [0, 0.1) is 17.8 Å². The van der Waals surface area contributed by atoms with E-state index >= 15 is 0 Å². The van der Waals surface area contributed by atoms with Crippen molar-refractivity contribution in [1.82, 2.24) is 53.2 Å². The van der Waals surface area contributed by atoms with Gasteiger partial charge in [-0.1, -0.05) is 54.4 Å². The average molecular weight is 1060 g/mol. The van der Waals surface area contributed by atoms with Crippen molar-refractivity contribution in [3.05, 3.63) is 0 Å². The summed E-state index contributed by atoms with van der Waals surface area (Å²) in [5, 5.41) is 42.6. The van der Waals surface area contributed by atoms with Crippen LogP contribution in [0.2, 0.25) is 0 Å². The van der Waals surface area contributed by atoms with Gasteiger partial charge >= 0.3 is 5.97 Å². The second-order valence-corrected chi connectivity index (χ2v) is 19.0. The van der Waals surface area contributed by atoms with Gasteiger partial charge in [-0.2, -0.15) is 11.8 Å². The molecule has 18 N–H and O–H groups in total. The number of aliphatic carboxylic acids is 1. The lowest BCUT2D eigenvalue weighted by Gasteiger charge is -2.29. The van der Waals surface area contributed by atoms with Gasteiger partial charge in [0.05, 0.1) is 32.2 Å². The number of carbonyl (C=O) groups excluding carboxylic acids is 11. The number of aliphatic hydroxyl groups is 1. The van der Waals surface area contributed by atoms with Crippen molar-refractivity contribution in [3.63, 3.8) is 0 Å². The van der Waals surface area contributed by atoms with Crippen molar-refractivity contribution in [3.8, 4) is 0 Å². The van der Waals surface area contributed by atoms with E-state index in [9.17, 15) is 62.6 Å². The number of unbranched alkanes of at least 4 members (excludes halogenated alkanes) is 1. The quantitative estimate of drug-likeness (QED) is 0.0259. The second kappa shape index (κ2) is 35.9. The van der Waals surface area contributed by atoms with Crippen molar-refractivity contribution in [2.24, 2.45) is 35.0 Å². The summed E-state index contributed by atoms with van der Waals surface area (Å²) >= 11 is 1.52. The number of primary amides is 1. The Morgan fingerprint density at radius 2 is 1.04 bits per heavy atom. The molecular weight excluding hydrogens is 979 g/mol. The Kier molecular flexibility index (Phi) is 32.9. The molecule has 73 heavy (non-hydrogen) atoms. The van der Waals surface area contributed by atoms with Gasteiger partial charge in [0.2, 0.25) is 65.0 Å². The SMILES string of the molecule is CC[C@@H](C)[C@@H](NC(=O)CNC(=O)[C@@H](CC(C)C)NC(=O)[C@H](N)CCSC)C(=O)N[C@@H](C(=O)N[C@H](C)C(=O)NCC(=O)N[C@H](CCCCN)C(=O)N[C@H](CC(N)=O)C(=O)N[C@H](CO)C(=O)NCC(=O)O)[C@H](C)CC. The first kappa shape index (κ1) is 66.9. The first-order chi connectivity index (χ1) is 34.3. The average Bonchev–Trinajstić information content (AvgIpc) is 3.33. The van der Waals surface area contributed by atoms with Crippen LogP contribution in [0.5, 0.6) is 0 Å². The Morgan fingerprint density at radius 3 is 1.56 bits per heavy atom. The predicted molar refractivity (Wildman–Crippen MR) is 269 cm³/mol. The number of carboxylic acids is 1. The lowest BCUT2D eigenvalue weighted by molar-refractivity contribution is -0.139. The minimum Gasteiger partial charge on any atom is -0.480 e. The lowest BCUT2D eigenvalue weighted by Crippen LogP contribution is -2.60. The highest BCUT2D eigenvalue weighted by Gasteiger charge is 2.35. The van der Waals surface area contributed by atoms with Gasteiger partial charge in [0, 0.05) is 0 Å². The maximum atomic E-state index is 13.8. The molecule has 10 atom stereocenters. The van der Waals surface area contributed by atoms with Gasteiger partial charge in [0.15, 0.2) is 0 Å². The zero-order chi connectivity index (χ0) is 56.0. The van der Waals surface area contributed by atoms with Crippen molar-refractivity contribution >= 4 is 82.7 Å². The Balaban J connectivity index is 5.88. The van der Waals surface area contributed by atoms with E-state index in [1.54, 1.807) is 27.7 Å². The molecule has 0 aromatic heterocycles. The Bertz CT molecular complexity index is 1880. The van der Waals surface area contributed by atoms with Crippen molar-refractivity contribution in [1.29, 1.82) is 0 Å². The molecule has 416 valence electrons. The molecule has 0 aliphatic carbocycles. The highest BCUT2D eigenvalue weighted by atomic mass is 32.2. The molecule has 0 aliphatic rings. The normalized spacial score (nSPS) is 15.1. The minimum atomic E-state index is -1.72. The number of nitrogens with one attached hydrogen (secondary N) is 10. The van der Waals surface area contributed by atoms with E-state index in [0.29, 0.717) is 37.9 Å². The molecule has 0 aromatic carbocycles. The Labute approximate surface area is 430 Å². The number of amides is 11. The zero-order valence-corrected chi connectivity index (χ0v) is 44.0. The van der Waals surface area contributed by atoms with E-state index < -0.39 is 164 Å². The van der Waals surface area contributed by atoms with E-state index in [0.717, 1.165) is 0 Å². The summed E-state index contributed by atoms with van der Waals surface area (Å²) in [6.07, 6.45) is 3.25. The number of hydrogen-bond acceptors (Lipinski definition) is 16. The maximum absolute atomic E-state index is 13.8. The first-order valence-corrected chi connectivity index (χ1v) is 25.6. The van der Waals surface area contributed by atoms with Crippen LogP contribution in [0.1, 0.15) is 99.8 Å². The monoisotopic (exact) mass is 1060 g/mol. The van der Waals surface area contributed by atoms with Gasteiger partial charge in [-0.25, -0.2) is 0 Å². The number of carbonyl (C=O) groups is 12. The Hall–Kier alpha value is -6.13. The van der Waals surface area contributed by atoms with Crippen LogP contribution in [-0.4, -0.2) is 174 Å². The summed E-state index contributed by atoms with van der Waals surface area (Å²) < 4.78 is 0. The van der Waals surface area contributed by atoms with E-state index in [-0.39, 0.29) is 25.3 Å². The predicted octanol–water partition coefficient (Wildman–Crippen LogP) is -4.95. The van der Waals surface area contributed by atoms with Crippen LogP contribution in [0.25, 0.3) is 0 Å². The number of rotatable bonds is 37. The molecule has 0 radical (unpaired) electrons. The molecule has 0 rings (SSSR count). The maximum Gasteiger partial charge on any atom is 0.322 e. The molecule has 28 heteroatoms. The fraction of sp³-hybridized carbons (Fsp3) is 0.733. The molecule has 0 saturated carbocycles. The smallest absolute Gasteiger partial charge is 0.322 e. The molecule has 0 aliphatic heterocycles. The number of carboxylic acid groups (broad SMARTS) is 1. The summed E-state index contributed by atoms with van der Waals surface area (Å²) in [6.45, 7) is 9.15. The number of aliphatic hydroxyl groups excluding tert-OH is 1. The second-order valence-electron chi connectivity index (χ2n) is 18.0. The summed E-state index contributed by atoms with van der Waals surface area (Å²) in [5.74, 6) is -11.0. The first-order valence-electron chi connectivity index (χ1n) is 24.3. The molecule has 0 unspecified atom stereocenters. The molecule has 0 fully saturated rings.